The number of carbonyl (C=O) groups is 1. The lowest BCUT2D eigenvalue weighted by Gasteiger charge is -2.14. The summed E-state index contributed by atoms with van der Waals surface area (Å²) in [6, 6.07) is 18.1. The van der Waals surface area contributed by atoms with E-state index in [-0.39, 0.29) is 5.91 Å². The largest absolute Gasteiger partial charge is 0.324 e. The summed E-state index contributed by atoms with van der Waals surface area (Å²) < 4.78 is 0. The smallest absolute Gasteiger partial charge is 0.244 e. The highest BCUT2D eigenvalue weighted by molar-refractivity contribution is 6.00. The molecule has 0 spiro atoms. The number of nitrogens with two attached hydrogens (primary N) is 1. The molecule has 0 radical (unpaired) electrons. The lowest BCUT2D eigenvalue weighted by atomic mass is 10.0. The molecule has 20 heavy (non-hydrogen) atoms. The van der Waals surface area contributed by atoms with Gasteiger partial charge in [-0.05, 0) is 36.5 Å². The predicted octanol–water partition coefficient (Wildman–Crippen LogP) is 2.71. The highest BCUT2D eigenvalue weighted by atomic mass is 16.2. The lowest BCUT2D eigenvalue weighted by Crippen LogP contribution is -2.38. The third kappa shape index (κ3) is 2.73. The Morgan fingerprint density at radius 1 is 1.05 bits per heavy atom. The molecule has 0 atom stereocenters. The van der Waals surface area contributed by atoms with E-state index in [1.807, 2.05) is 42.5 Å². The first kappa shape index (κ1) is 12.9. The van der Waals surface area contributed by atoms with Crippen molar-refractivity contribution in [2.75, 3.05) is 5.32 Å². The first-order valence-corrected chi connectivity index (χ1v) is 6.90. The van der Waals surface area contributed by atoms with Gasteiger partial charge in [0.25, 0.3) is 0 Å². The Morgan fingerprint density at radius 2 is 1.70 bits per heavy atom. The number of hydrogen-bond acceptors (Lipinski definition) is 2. The molecule has 0 heterocycles. The van der Waals surface area contributed by atoms with Gasteiger partial charge >= 0.3 is 0 Å². The summed E-state index contributed by atoms with van der Waals surface area (Å²) in [5.41, 5.74) is 8.48. The van der Waals surface area contributed by atoms with Gasteiger partial charge in [0, 0.05) is 5.69 Å². The van der Waals surface area contributed by atoms with Crippen molar-refractivity contribution in [2.45, 2.75) is 24.8 Å². The molecule has 0 unspecified atom stereocenters. The van der Waals surface area contributed by atoms with E-state index in [4.69, 9.17) is 5.73 Å². The van der Waals surface area contributed by atoms with Crippen molar-refractivity contribution < 1.29 is 4.79 Å². The number of benzene rings is 2. The fraction of sp³-hybridized carbons (Fsp3) is 0.235. The second-order valence-electron chi connectivity index (χ2n) is 5.43. The van der Waals surface area contributed by atoms with Crippen molar-refractivity contribution in [1.29, 1.82) is 0 Å². The van der Waals surface area contributed by atoms with Gasteiger partial charge in [0.1, 0.15) is 0 Å². The summed E-state index contributed by atoms with van der Waals surface area (Å²) >= 11 is 0. The van der Waals surface area contributed by atoms with Crippen LogP contribution < -0.4 is 11.1 Å². The average molecular weight is 266 g/mol. The van der Waals surface area contributed by atoms with E-state index < -0.39 is 5.54 Å². The topological polar surface area (TPSA) is 55.1 Å². The molecule has 1 saturated carbocycles. The Balaban J connectivity index is 1.79. The molecule has 1 aliphatic carbocycles. The van der Waals surface area contributed by atoms with Crippen molar-refractivity contribution >= 4 is 11.6 Å². The van der Waals surface area contributed by atoms with Crippen molar-refractivity contribution in [2.24, 2.45) is 5.73 Å². The van der Waals surface area contributed by atoms with Crippen molar-refractivity contribution in [1.82, 2.24) is 0 Å². The number of amides is 1. The fourth-order valence-electron chi connectivity index (χ4n) is 2.22. The van der Waals surface area contributed by atoms with Crippen LogP contribution in [0.25, 0.3) is 0 Å². The zero-order valence-corrected chi connectivity index (χ0v) is 11.3. The minimum absolute atomic E-state index is 0.0713. The Bertz CT molecular complexity index is 618. The highest BCUT2D eigenvalue weighted by Crippen LogP contribution is 2.33. The van der Waals surface area contributed by atoms with Crippen LogP contribution in [0.4, 0.5) is 5.69 Å². The molecular weight excluding hydrogens is 248 g/mol. The van der Waals surface area contributed by atoms with E-state index in [1.165, 1.54) is 5.56 Å². The van der Waals surface area contributed by atoms with Gasteiger partial charge in [-0.3, -0.25) is 4.79 Å². The van der Waals surface area contributed by atoms with E-state index in [0.717, 1.165) is 30.5 Å². The van der Waals surface area contributed by atoms with Gasteiger partial charge < -0.3 is 11.1 Å². The minimum Gasteiger partial charge on any atom is -0.324 e. The molecule has 3 rings (SSSR count). The lowest BCUT2D eigenvalue weighted by molar-refractivity contribution is -0.118. The van der Waals surface area contributed by atoms with Crippen molar-refractivity contribution in [3.8, 4) is 0 Å². The van der Waals surface area contributed by atoms with Gasteiger partial charge in [0.15, 0.2) is 0 Å². The Kier molecular flexibility index (Phi) is 3.28. The summed E-state index contributed by atoms with van der Waals surface area (Å²) in [6.45, 7) is 0. The number of hydrogen-bond donors (Lipinski definition) is 2. The zero-order valence-electron chi connectivity index (χ0n) is 11.3. The predicted molar refractivity (Wildman–Crippen MR) is 80.5 cm³/mol. The molecule has 0 saturated heterocycles. The minimum atomic E-state index is -0.639. The third-order valence-corrected chi connectivity index (χ3v) is 3.74. The van der Waals surface area contributed by atoms with E-state index in [2.05, 4.69) is 17.4 Å². The van der Waals surface area contributed by atoms with Crippen molar-refractivity contribution in [3.63, 3.8) is 0 Å². The molecule has 1 fully saturated rings. The van der Waals surface area contributed by atoms with Gasteiger partial charge in [0.05, 0.1) is 5.54 Å². The molecule has 1 aliphatic rings. The van der Waals surface area contributed by atoms with Crippen LogP contribution in [0.2, 0.25) is 0 Å². The SMILES string of the molecule is NC1(C(=O)Nc2ccccc2Cc2ccccc2)CC1. The molecule has 3 N–H and O–H groups in total. The van der Waals surface area contributed by atoms with Crippen LogP contribution in [0.5, 0.6) is 0 Å². The maximum atomic E-state index is 12.1. The molecule has 0 aromatic heterocycles. The molecule has 3 heteroatoms. The van der Waals surface area contributed by atoms with Crippen LogP contribution in [0.15, 0.2) is 54.6 Å². The van der Waals surface area contributed by atoms with Gasteiger partial charge in [-0.2, -0.15) is 0 Å². The van der Waals surface area contributed by atoms with Gasteiger partial charge in [-0.1, -0.05) is 48.5 Å². The molecule has 2 aromatic carbocycles. The summed E-state index contributed by atoms with van der Waals surface area (Å²) in [4.78, 5) is 12.1. The molecule has 2 aromatic rings. The second-order valence-corrected chi connectivity index (χ2v) is 5.43. The summed E-state index contributed by atoms with van der Waals surface area (Å²) in [7, 11) is 0. The average Bonchev–Trinajstić information content (AvgIpc) is 3.21. The van der Waals surface area contributed by atoms with Crippen LogP contribution in [-0.4, -0.2) is 11.4 Å². The molecule has 102 valence electrons. The molecule has 0 aliphatic heterocycles. The zero-order chi connectivity index (χ0) is 14.0. The molecular formula is C17H18N2O. The molecule has 0 bridgehead atoms. The number of carbonyl (C=O) groups excluding carboxylic acids is 1. The fourth-order valence-corrected chi connectivity index (χ4v) is 2.22. The molecule has 3 nitrogen and oxygen atoms in total. The van der Waals surface area contributed by atoms with E-state index in [1.54, 1.807) is 0 Å². The summed E-state index contributed by atoms with van der Waals surface area (Å²) in [5, 5.41) is 2.97. The first-order chi connectivity index (χ1) is 9.67. The van der Waals surface area contributed by atoms with Gasteiger partial charge in [-0.15, -0.1) is 0 Å². The van der Waals surface area contributed by atoms with E-state index in [0.29, 0.717) is 0 Å². The monoisotopic (exact) mass is 266 g/mol. The van der Waals surface area contributed by atoms with Crippen LogP contribution in [0.1, 0.15) is 24.0 Å². The summed E-state index contributed by atoms with van der Waals surface area (Å²) in [6.07, 6.45) is 2.36. The maximum Gasteiger partial charge on any atom is 0.244 e. The van der Waals surface area contributed by atoms with Gasteiger partial charge in [0.2, 0.25) is 5.91 Å². The molecule has 1 amide bonds. The Hall–Kier alpha value is -2.13. The van der Waals surface area contributed by atoms with E-state index >= 15 is 0 Å². The first-order valence-electron chi connectivity index (χ1n) is 6.90. The van der Waals surface area contributed by atoms with Gasteiger partial charge in [-0.25, -0.2) is 0 Å². The van der Waals surface area contributed by atoms with Crippen LogP contribution >= 0.6 is 0 Å². The standard InChI is InChI=1S/C17H18N2O/c18-17(10-11-17)16(20)19-15-9-5-4-8-14(15)12-13-6-2-1-3-7-13/h1-9H,10-12,18H2,(H,19,20). The van der Waals surface area contributed by atoms with Crippen molar-refractivity contribution in [3.05, 3.63) is 65.7 Å². The Labute approximate surface area is 118 Å². The highest BCUT2D eigenvalue weighted by Gasteiger charge is 2.46. The Morgan fingerprint density at radius 3 is 2.40 bits per heavy atom. The number of para-hydroxylation sites is 1. The number of rotatable bonds is 4. The van der Waals surface area contributed by atoms with Crippen LogP contribution in [-0.2, 0) is 11.2 Å². The quantitative estimate of drug-likeness (QED) is 0.894. The second kappa shape index (κ2) is 5.10. The van der Waals surface area contributed by atoms with Crippen LogP contribution in [0.3, 0.4) is 0 Å². The van der Waals surface area contributed by atoms with Crippen LogP contribution in [0, 0.1) is 0 Å². The normalized spacial score (nSPS) is 15.7. The summed E-state index contributed by atoms with van der Waals surface area (Å²) in [5.74, 6) is -0.0713. The van der Waals surface area contributed by atoms with E-state index in [9.17, 15) is 4.79 Å². The third-order valence-electron chi connectivity index (χ3n) is 3.74. The maximum absolute atomic E-state index is 12.1. The number of nitrogens with one attached hydrogen (secondary N) is 1. The number of anilines is 1.